The molecule has 0 aromatic rings. The van der Waals surface area contributed by atoms with Gasteiger partial charge in [0.15, 0.2) is 0 Å². The fourth-order valence-corrected chi connectivity index (χ4v) is 1.22. The van der Waals surface area contributed by atoms with Gasteiger partial charge >= 0.3 is 0 Å². The molecule has 2 radical (unpaired) electrons. The van der Waals surface area contributed by atoms with E-state index in [1.54, 1.807) is 0 Å². The highest BCUT2D eigenvalue weighted by Gasteiger charge is 2.20. The van der Waals surface area contributed by atoms with Crippen molar-refractivity contribution in [1.82, 2.24) is 0 Å². The Bertz CT molecular complexity index is 74.6. The summed E-state index contributed by atoms with van der Waals surface area (Å²) in [6, 6.07) is 0. The van der Waals surface area contributed by atoms with Crippen molar-refractivity contribution in [3.8, 4) is 0 Å². The molecular weight excluding hydrogens is 112 g/mol. The van der Waals surface area contributed by atoms with Gasteiger partial charge in [-0.3, -0.25) is 0 Å². The highest BCUT2D eigenvalue weighted by atomic mass is 16.5. The molecule has 0 bridgehead atoms. The van der Waals surface area contributed by atoms with E-state index in [1.165, 1.54) is 0 Å². The maximum absolute atomic E-state index is 5.80. The summed E-state index contributed by atoms with van der Waals surface area (Å²) in [4.78, 5) is 0. The number of rotatable bonds is 2. The first-order valence-corrected chi connectivity index (χ1v) is 3.68. The normalized spacial score (nSPS) is 30.7. The van der Waals surface area contributed by atoms with Crippen LogP contribution in [0.25, 0.3) is 0 Å². The molecule has 1 heteroatoms. The zero-order valence-corrected chi connectivity index (χ0v) is 5.97. The largest absolute Gasteiger partial charge is 0.381 e. The highest BCUT2D eigenvalue weighted by molar-refractivity contribution is 4.73. The van der Waals surface area contributed by atoms with Gasteiger partial charge in [0.1, 0.15) is 0 Å². The molecule has 2 atom stereocenters. The second-order valence-corrected chi connectivity index (χ2v) is 2.70. The fraction of sp³-hybridized carbons (Fsp3) is 0.875. The molecule has 2 unspecified atom stereocenters. The molecule has 0 spiro atoms. The van der Waals surface area contributed by atoms with Gasteiger partial charge in [0.05, 0.1) is 0 Å². The fourth-order valence-electron chi connectivity index (χ4n) is 1.22. The van der Waals surface area contributed by atoms with E-state index >= 15 is 0 Å². The van der Waals surface area contributed by atoms with Crippen LogP contribution in [0.4, 0.5) is 0 Å². The zero-order chi connectivity index (χ0) is 6.69. The van der Waals surface area contributed by atoms with Crippen LogP contribution in [0.3, 0.4) is 0 Å². The second-order valence-electron chi connectivity index (χ2n) is 2.70. The molecule has 52 valence electrons. The van der Waals surface area contributed by atoms with Gasteiger partial charge in [-0.15, -0.1) is 0 Å². The van der Waals surface area contributed by atoms with E-state index in [0.717, 1.165) is 26.1 Å². The Balaban J connectivity index is 2.24. The Morgan fingerprint density at radius 1 is 1.78 bits per heavy atom. The third-order valence-corrected chi connectivity index (χ3v) is 2.04. The maximum Gasteiger partial charge on any atom is 0.0497 e. The van der Waals surface area contributed by atoms with Crippen LogP contribution in [0.15, 0.2) is 0 Å². The Kier molecular flexibility index (Phi) is 2.52. The predicted molar refractivity (Wildman–Crippen MR) is 37.0 cm³/mol. The molecule has 1 saturated heterocycles. The van der Waals surface area contributed by atoms with Gasteiger partial charge in [-0.25, -0.2) is 0 Å². The Labute approximate surface area is 57.4 Å². The Morgan fingerprint density at radius 3 is 3.00 bits per heavy atom. The maximum atomic E-state index is 5.80. The summed E-state index contributed by atoms with van der Waals surface area (Å²) in [7, 11) is 0. The van der Waals surface area contributed by atoms with Crippen LogP contribution >= 0.6 is 0 Å². The third-order valence-electron chi connectivity index (χ3n) is 2.04. The van der Waals surface area contributed by atoms with E-state index in [-0.39, 0.29) is 0 Å². The minimum atomic E-state index is 0.368. The Morgan fingerprint density at radius 2 is 2.56 bits per heavy atom. The molecule has 9 heavy (non-hydrogen) atoms. The van der Waals surface area contributed by atoms with Crippen LogP contribution in [-0.4, -0.2) is 13.2 Å². The van der Waals surface area contributed by atoms with Crippen molar-refractivity contribution in [1.29, 1.82) is 0 Å². The van der Waals surface area contributed by atoms with E-state index in [2.05, 4.69) is 6.92 Å². The van der Waals surface area contributed by atoms with Crippen LogP contribution < -0.4 is 0 Å². The predicted octanol–water partition coefficient (Wildman–Crippen LogP) is 1.76. The number of hydrogen-bond acceptors (Lipinski definition) is 1. The minimum absolute atomic E-state index is 0.368. The van der Waals surface area contributed by atoms with Gasteiger partial charge in [0.25, 0.3) is 0 Å². The van der Waals surface area contributed by atoms with E-state index in [1.807, 2.05) is 0 Å². The molecule has 0 saturated carbocycles. The van der Waals surface area contributed by atoms with Gasteiger partial charge in [-0.2, -0.15) is 0 Å². The molecule has 1 aliphatic rings. The first-order valence-electron chi connectivity index (χ1n) is 3.68. The van der Waals surface area contributed by atoms with Crippen molar-refractivity contribution in [2.24, 2.45) is 11.8 Å². The third kappa shape index (κ3) is 1.68. The van der Waals surface area contributed by atoms with E-state index < -0.39 is 0 Å². The Hall–Kier alpha value is -0.0400. The van der Waals surface area contributed by atoms with Crippen molar-refractivity contribution < 1.29 is 4.74 Å². The van der Waals surface area contributed by atoms with Crippen molar-refractivity contribution in [2.45, 2.75) is 19.8 Å². The highest BCUT2D eigenvalue weighted by Crippen LogP contribution is 2.23. The monoisotopic (exact) mass is 126 g/mol. The summed E-state index contributed by atoms with van der Waals surface area (Å²) >= 11 is 0. The van der Waals surface area contributed by atoms with Crippen LogP contribution in [-0.2, 0) is 4.74 Å². The smallest absolute Gasteiger partial charge is 0.0497 e. The molecule has 1 heterocycles. The molecule has 0 N–H and O–H groups in total. The molecule has 1 rings (SSSR count). The van der Waals surface area contributed by atoms with Crippen LogP contribution in [0.1, 0.15) is 19.8 Å². The van der Waals surface area contributed by atoms with E-state index in [0.29, 0.717) is 11.8 Å². The van der Waals surface area contributed by atoms with Gasteiger partial charge in [-0.1, -0.05) is 13.3 Å². The SMILES string of the molecule is [CH]C(CC)C1CCOC1. The van der Waals surface area contributed by atoms with Gasteiger partial charge in [-0.05, 0) is 25.2 Å². The van der Waals surface area contributed by atoms with Crippen molar-refractivity contribution >= 4 is 0 Å². The van der Waals surface area contributed by atoms with Gasteiger partial charge < -0.3 is 4.74 Å². The molecule has 0 aromatic carbocycles. The van der Waals surface area contributed by atoms with Crippen LogP contribution in [0.5, 0.6) is 0 Å². The lowest BCUT2D eigenvalue weighted by Gasteiger charge is -2.13. The summed E-state index contributed by atoms with van der Waals surface area (Å²) < 4.78 is 5.20. The number of hydrogen-bond donors (Lipinski definition) is 0. The van der Waals surface area contributed by atoms with Gasteiger partial charge in [0, 0.05) is 13.2 Å². The van der Waals surface area contributed by atoms with Crippen molar-refractivity contribution in [3.05, 3.63) is 6.92 Å². The minimum Gasteiger partial charge on any atom is -0.381 e. The lowest BCUT2D eigenvalue weighted by Crippen LogP contribution is -2.10. The van der Waals surface area contributed by atoms with Crippen LogP contribution in [0.2, 0.25) is 0 Å². The molecule has 0 aliphatic carbocycles. The average Bonchev–Trinajstić information content (AvgIpc) is 2.37. The van der Waals surface area contributed by atoms with E-state index in [9.17, 15) is 0 Å². The van der Waals surface area contributed by atoms with Crippen LogP contribution in [0, 0.1) is 18.8 Å². The lowest BCUT2D eigenvalue weighted by atomic mass is 9.91. The van der Waals surface area contributed by atoms with Crippen molar-refractivity contribution in [3.63, 3.8) is 0 Å². The molecule has 1 nitrogen and oxygen atoms in total. The topological polar surface area (TPSA) is 9.23 Å². The van der Waals surface area contributed by atoms with Gasteiger partial charge in [0.2, 0.25) is 0 Å². The zero-order valence-electron chi connectivity index (χ0n) is 5.97. The quantitative estimate of drug-likeness (QED) is 0.548. The summed E-state index contributed by atoms with van der Waals surface area (Å²) in [5, 5.41) is 0. The van der Waals surface area contributed by atoms with E-state index in [4.69, 9.17) is 11.7 Å². The summed E-state index contributed by atoms with van der Waals surface area (Å²) in [5.74, 6) is 1.00. The summed E-state index contributed by atoms with van der Waals surface area (Å²) in [6.45, 7) is 9.73. The molecule has 0 aromatic heterocycles. The molecular formula is C8H14O. The molecule has 0 amide bonds. The second kappa shape index (κ2) is 3.21. The first-order chi connectivity index (χ1) is 4.34. The lowest BCUT2D eigenvalue weighted by molar-refractivity contribution is 0.177. The summed E-state index contributed by atoms with van der Waals surface area (Å²) in [5.41, 5.74) is 0. The number of ether oxygens (including phenoxy) is 1. The first kappa shape index (κ1) is 7.07. The van der Waals surface area contributed by atoms with Crippen molar-refractivity contribution in [2.75, 3.05) is 13.2 Å². The molecule has 1 fully saturated rings. The standard InChI is InChI=1S/C8H14O/c1-3-7(2)8-4-5-9-6-8/h2,7-8H,3-6H2,1H3. The molecule has 1 aliphatic heterocycles. The average molecular weight is 126 g/mol. The summed E-state index contributed by atoms with van der Waals surface area (Å²) in [6.07, 6.45) is 2.24.